The molecule has 2 N–H and O–H groups in total. The number of fused-ring (bicyclic) bond motifs is 1. The first-order chi connectivity index (χ1) is 18.0. The Morgan fingerprint density at radius 1 is 1.14 bits per heavy atom. The van der Waals surface area contributed by atoms with Gasteiger partial charge in [0, 0.05) is 35.9 Å². The van der Waals surface area contributed by atoms with E-state index in [4.69, 9.17) is 37.9 Å². The third-order valence-electron chi connectivity index (χ3n) is 5.99. The Labute approximate surface area is 237 Å². The molecule has 1 fully saturated rings. The molecule has 37 heavy (non-hydrogen) atoms. The number of hydrogen-bond acceptors (Lipinski definition) is 8. The number of phenols is 1. The summed E-state index contributed by atoms with van der Waals surface area (Å²) >= 11 is 18.2. The quantitative estimate of drug-likeness (QED) is 0.131. The number of nitrogens with zero attached hydrogens (tertiary/aromatic N) is 5. The number of phenolic OH excluding ortho intramolecular Hbond substituents is 1. The monoisotopic (exact) mass is 622 g/mol. The van der Waals surface area contributed by atoms with Gasteiger partial charge >= 0.3 is 0 Å². The van der Waals surface area contributed by atoms with Crippen molar-refractivity contribution in [2.45, 2.75) is 17.1 Å². The summed E-state index contributed by atoms with van der Waals surface area (Å²) < 4.78 is 8.24. The minimum Gasteiger partial charge on any atom is -0.508 e. The number of alkyl halides is 1. The standard InChI is InChI=1S/C25H25BrCl2N6O2S/c26-17-3-1-16(2-4-17)21(28)15-34-24-19(14-29-34)23(30-22-13-18(35)5-6-20(22)27)31-25(32-24)37-12-9-33-7-10-36-11-8-33/h1-6,13-14,21,35H,7-12,15H2,(H,30,31,32). The van der Waals surface area contributed by atoms with Crippen molar-refractivity contribution in [3.05, 3.63) is 63.7 Å². The van der Waals surface area contributed by atoms with Crippen molar-refractivity contribution in [2.75, 3.05) is 43.9 Å². The fraction of sp³-hybridized carbons (Fsp3) is 0.320. The van der Waals surface area contributed by atoms with E-state index >= 15 is 0 Å². The van der Waals surface area contributed by atoms with Crippen LogP contribution in [-0.4, -0.2) is 68.4 Å². The van der Waals surface area contributed by atoms with Gasteiger partial charge in [0.05, 0.1) is 47.4 Å². The second-order valence-corrected chi connectivity index (χ2v) is 11.4. The van der Waals surface area contributed by atoms with Crippen LogP contribution in [-0.2, 0) is 11.3 Å². The predicted octanol–water partition coefficient (Wildman–Crippen LogP) is 6.10. The topological polar surface area (TPSA) is 88.3 Å². The third-order valence-corrected chi connectivity index (χ3v) is 8.06. The summed E-state index contributed by atoms with van der Waals surface area (Å²) in [7, 11) is 0. The van der Waals surface area contributed by atoms with Gasteiger partial charge in [-0.2, -0.15) is 5.10 Å². The number of thioether (sulfide) groups is 1. The minimum atomic E-state index is -0.291. The Morgan fingerprint density at radius 2 is 1.92 bits per heavy atom. The smallest absolute Gasteiger partial charge is 0.191 e. The molecule has 5 rings (SSSR count). The predicted molar refractivity (Wildman–Crippen MR) is 152 cm³/mol. The average Bonchev–Trinajstić information content (AvgIpc) is 3.30. The van der Waals surface area contributed by atoms with Crippen molar-refractivity contribution in [3.63, 3.8) is 0 Å². The molecule has 4 aromatic rings. The van der Waals surface area contributed by atoms with Crippen molar-refractivity contribution in [2.24, 2.45) is 0 Å². The summed E-state index contributed by atoms with van der Waals surface area (Å²) in [6.07, 6.45) is 1.72. The highest BCUT2D eigenvalue weighted by Crippen LogP contribution is 2.33. The van der Waals surface area contributed by atoms with Crippen molar-refractivity contribution in [1.82, 2.24) is 24.6 Å². The number of aromatic nitrogens is 4. The van der Waals surface area contributed by atoms with Crippen molar-refractivity contribution >= 4 is 73.4 Å². The summed E-state index contributed by atoms with van der Waals surface area (Å²) in [5, 5.41) is 19.3. The van der Waals surface area contributed by atoms with Gasteiger partial charge in [0.15, 0.2) is 10.8 Å². The summed E-state index contributed by atoms with van der Waals surface area (Å²) in [6, 6.07) is 12.7. The first-order valence-corrected chi connectivity index (χ1v) is 14.4. The Morgan fingerprint density at radius 3 is 2.70 bits per heavy atom. The zero-order valence-electron chi connectivity index (χ0n) is 19.8. The number of morpholine rings is 1. The van der Waals surface area contributed by atoms with E-state index in [1.165, 1.54) is 6.07 Å². The maximum Gasteiger partial charge on any atom is 0.191 e. The summed E-state index contributed by atoms with van der Waals surface area (Å²) in [4.78, 5) is 12.0. The molecule has 3 heterocycles. The number of nitrogens with one attached hydrogen (secondary N) is 1. The zero-order valence-corrected chi connectivity index (χ0v) is 23.7. The molecular weight excluding hydrogens is 599 g/mol. The normalized spacial score (nSPS) is 15.2. The first-order valence-electron chi connectivity index (χ1n) is 11.8. The van der Waals surface area contributed by atoms with Crippen LogP contribution < -0.4 is 5.32 Å². The maximum absolute atomic E-state index is 9.97. The van der Waals surface area contributed by atoms with Crippen LogP contribution in [0, 0.1) is 0 Å². The lowest BCUT2D eigenvalue weighted by atomic mass is 10.1. The van der Waals surface area contributed by atoms with Crippen LogP contribution in [0.2, 0.25) is 5.02 Å². The maximum atomic E-state index is 9.97. The molecule has 1 atom stereocenters. The van der Waals surface area contributed by atoms with Gasteiger partial charge in [-0.15, -0.1) is 11.6 Å². The van der Waals surface area contributed by atoms with E-state index in [1.807, 2.05) is 24.3 Å². The van der Waals surface area contributed by atoms with Gasteiger partial charge in [-0.1, -0.05) is 51.4 Å². The van der Waals surface area contributed by atoms with Crippen molar-refractivity contribution in [3.8, 4) is 5.75 Å². The molecule has 0 aliphatic carbocycles. The molecular formula is C25H25BrCl2N6O2S. The lowest BCUT2D eigenvalue weighted by molar-refractivity contribution is 0.0410. The Balaban J connectivity index is 1.43. The Bertz CT molecular complexity index is 1370. The number of hydrogen-bond donors (Lipinski definition) is 2. The molecule has 0 amide bonds. The number of anilines is 2. The van der Waals surface area contributed by atoms with Crippen LogP contribution in [0.3, 0.4) is 0 Å². The molecule has 1 saturated heterocycles. The van der Waals surface area contributed by atoms with E-state index < -0.39 is 0 Å². The lowest BCUT2D eigenvalue weighted by Crippen LogP contribution is -2.37. The summed E-state index contributed by atoms with van der Waals surface area (Å²) in [6.45, 7) is 4.76. The van der Waals surface area contributed by atoms with E-state index in [0.717, 1.165) is 54.0 Å². The molecule has 2 aromatic heterocycles. The molecule has 2 aromatic carbocycles. The van der Waals surface area contributed by atoms with Gasteiger partial charge in [-0.25, -0.2) is 14.6 Å². The van der Waals surface area contributed by atoms with E-state index in [9.17, 15) is 5.11 Å². The molecule has 1 unspecified atom stereocenters. The number of aromatic hydroxyl groups is 1. The van der Waals surface area contributed by atoms with Gasteiger partial charge in [-0.05, 0) is 29.8 Å². The Hall–Kier alpha value is -2.08. The van der Waals surface area contributed by atoms with Crippen LogP contribution in [0.4, 0.5) is 11.5 Å². The third kappa shape index (κ3) is 6.68. The van der Waals surface area contributed by atoms with Crippen molar-refractivity contribution in [1.29, 1.82) is 0 Å². The molecule has 12 heteroatoms. The van der Waals surface area contributed by atoms with E-state index in [2.05, 4.69) is 31.2 Å². The van der Waals surface area contributed by atoms with Crippen molar-refractivity contribution < 1.29 is 9.84 Å². The molecule has 8 nitrogen and oxygen atoms in total. The fourth-order valence-corrected chi connectivity index (χ4v) is 5.53. The summed E-state index contributed by atoms with van der Waals surface area (Å²) in [5.41, 5.74) is 2.21. The van der Waals surface area contributed by atoms with Crippen LogP contribution >= 0.6 is 50.9 Å². The van der Waals surface area contributed by atoms with Crippen LogP contribution in [0.25, 0.3) is 11.0 Å². The van der Waals surface area contributed by atoms with Crippen LogP contribution in [0.15, 0.2) is 58.3 Å². The molecule has 0 spiro atoms. The largest absolute Gasteiger partial charge is 0.508 e. The highest BCUT2D eigenvalue weighted by molar-refractivity contribution is 9.10. The number of benzene rings is 2. The van der Waals surface area contributed by atoms with E-state index in [1.54, 1.807) is 34.8 Å². The first kappa shape index (κ1) is 26.5. The molecule has 0 bridgehead atoms. The second kappa shape index (κ2) is 12.2. The zero-order chi connectivity index (χ0) is 25.8. The summed E-state index contributed by atoms with van der Waals surface area (Å²) in [5.74, 6) is 1.50. The van der Waals surface area contributed by atoms with Gasteiger partial charge in [-0.3, -0.25) is 4.90 Å². The molecule has 0 saturated carbocycles. The highest BCUT2D eigenvalue weighted by atomic mass is 79.9. The number of ether oxygens (including phenoxy) is 1. The number of rotatable bonds is 9. The van der Waals surface area contributed by atoms with E-state index in [-0.39, 0.29) is 11.1 Å². The van der Waals surface area contributed by atoms with Gasteiger partial charge in [0.2, 0.25) is 0 Å². The Kier molecular flexibility index (Phi) is 8.74. The average molecular weight is 624 g/mol. The minimum absolute atomic E-state index is 0.104. The van der Waals surface area contributed by atoms with Crippen LogP contribution in [0.5, 0.6) is 5.75 Å². The second-order valence-electron chi connectivity index (χ2n) is 8.53. The van der Waals surface area contributed by atoms with E-state index in [0.29, 0.717) is 33.9 Å². The van der Waals surface area contributed by atoms with Gasteiger partial charge in [0.25, 0.3) is 0 Å². The molecule has 194 valence electrons. The van der Waals surface area contributed by atoms with Gasteiger partial charge in [0.1, 0.15) is 11.6 Å². The SMILES string of the molecule is Oc1ccc(Cl)c(Nc2nc(SCCN3CCOCC3)nc3c2cnn3CC(Cl)c2ccc(Br)cc2)c1. The fourth-order valence-electron chi connectivity index (χ4n) is 3.99. The van der Waals surface area contributed by atoms with Crippen LogP contribution in [0.1, 0.15) is 10.9 Å². The lowest BCUT2D eigenvalue weighted by Gasteiger charge is -2.26. The molecule has 1 aliphatic rings. The molecule has 0 radical (unpaired) electrons. The van der Waals surface area contributed by atoms with Gasteiger partial charge < -0.3 is 15.2 Å². The molecule has 1 aliphatic heterocycles. The highest BCUT2D eigenvalue weighted by Gasteiger charge is 2.18. The number of halogens is 3.